The SMILES string of the molecule is CCN(CCCO)CCC(C)(C)OC. The molecule has 0 aliphatic carbocycles. The molecule has 0 rings (SSSR count). The highest BCUT2D eigenvalue weighted by Gasteiger charge is 2.17. The molecular weight excluding hydrogens is 178 g/mol. The molecule has 0 unspecified atom stereocenters. The highest BCUT2D eigenvalue weighted by Crippen LogP contribution is 2.13. The van der Waals surface area contributed by atoms with Gasteiger partial charge in [-0.1, -0.05) is 6.92 Å². The van der Waals surface area contributed by atoms with E-state index in [2.05, 4.69) is 25.7 Å². The van der Waals surface area contributed by atoms with E-state index in [-0.39, 0.29) is 12.2 Å². The fourth-order valence-electron chi connectivity index (χ4n) is 1.25. The van der Waals surface area contributed by atoms with E-state index < -0.39 is 0 Å². The van der Waals surface area contributed by atoms with Crippen molar-refractivity contribution in [2.75, 3.05) is 33.4 Å². The van der Waals surface area contributed by atoms with Crippen molar-refractivity contribution in [3.8, 4) is 0 Å². The number of hydrogen-bond donors (Lipinski definition) is 1. The second-order valence-corrected chi connectivity index (χ2v) is 4.23. The van der Waals surface area contributed by atoms with Crippen LogP contribution in [0.25, 0.3) is 0 Å². The van der Waals surface area contributed by atoms with Crippen LogP contribution in [-0.2, 0) is 4.74 Å². The van der Waals surface area contributed by atoms with Gasteiger partial charge < -0.3 is 14.7 Å². The maximum absolute atomic E-state index is 8.73. The average molecular weight is 203 g/mol. The summed E-state index contributed by atoms with van der Waals surface area (Å²) in [5.74, 6) is 0. The molecule has 3 nitrogen and oxygen atoms in total. The topological polar surface area (TPSA) is 32.7 Å². The third kappa shape index (κ3) is 6.35. The molecule has 0 saturated carbocycles. The Morgan fingerprint density at radius 2 is 1.93 bits per heavy atom. The Labute approximate surface area is 88.1 Å². The molecule has 0 aromatic rings. The van der Waals surface area contributed by atoms with Crippen molar-refractivity contribution in [2.24, 2.45) is 0 Å². The summed E-state index contributed by atoms with van der Waals surface area (Å²) < 4.78 is 5.36. The summed E-state index contributed by atoms with van der Waals surface area (Å²) in [5, 5.41) is 8.73. The largest absolute Gasteiger partial charge is 0.396 e. The minimum absolute atomic E-state index is 0.0351. The molecule has 0 aromatic heterocycles. The van der Waals surface area contributed by atoms with Gasteiger partial charge in [-0.25, -0.2) is 0 Å². The molecular formula is C11H25NO2. The van der Waals surface area contributed by atoms with Crippen LogP contribution < -0.4 is 0 Å². The molecule has 0 aliphatic heterocycles. The van der Waals surface area contributed by atoms with Crippen molar-refractivity contribution in [1.29, 1.82) is 0 Å². The third-order valence-corrected chi connectivity index (χ3v) is 2.66. The molecule has 3 heteroatoms. The fourth-order valence-corrected chi connectivity index (χ4v) is 1.25. The van der Waals surface area contributed by atoms with E-state index in [1.807, 2.05) is 0 Å². The lowest BCUT2D eigenvalue weighted by Gasteiger charge is -2.27. The van der Waals surface area contributed by atoms with Gasteiger partial charge in [0.1, 0.15) is 0 Å². The quantitative estimate of drug-likeness (QED) is 0.649. The van der Waals surface area contributed by atoms with E-state index in [1.54, 1.807) is 7.11 Å². The Balaban J connectivity index is 3.71. The van der Waals surface area contributed by atoms with E-state index in [0.29, 0.717) is 0 Å². The standard InChI is InChI=1S/C11H25NO2/c1-5-12(8-6-10-13)9-7-11(2,3)14-4/h13H,5-10H2,1-4H3. The molecule has 0 spiro atoms. The molecule has 0 aliphatic rings. The van der Waals surface area contributed by atoms with E-state index in [0.717, 1.165) is 32.5 Å². The smallest absolute Gasteiger partial charge is 0.0634 e. The molecule has 0 aromatic carbocycles. The Morgan fingerprint density at radius 1 is 1.29 bits per heavy atom. The second kappa shape index (κ2) is 7.21. The molecule has 14 heavy (non-hydrogen) atoms. The number of ether oxygens (including phenoxy) is 1. The van der Waals surface area contributed by atoms with Gasteiger partial charge in [-0.3, -0.25) is 0 Å². The van der Waals surface area contributed by atoms with Gasteiger partial charge in [-0.2, -0.15) is 0 Å². The van der Waals surface area contributed by atoms with Crippen molar-refractivity contribution in [3.63, 3.8) is 0 Å². The number of rotatable bonds is 8. The predicted octanol–water partition coefficient (Wildman–Crippen LogP) is 1.51. The first kappa shape index (κ1) is 13.9. The Bertz CT molecular complexity index is 137. The lowest BCUT2D eigenvalue weighted by molar-refractivity contribution is 0.00748. The van der Waals surface area contributed by atoms with Crippen LogP contribution in [0, 0.1) is 0 Å². The zero-order chi connectivity index (χ0) is 11.0. The van der Waals surface area contributed by atoms with E-state index in [1.165, 1.54) is 0 Å². The molecule has 0 radical (unpaired) electrons. The molecule has 0 atom stereocenters. The molecule has 1 N–H and O–H groups in total. The summed E-state index contributed by atoms with van der Waals surface area (Å²) in [4.78, 5) is 2.34. The number of nitrogens with zero attached hydrogens (tertiary/aromatic N) is 1. The van der Waals surface area contributed by atoms with Crippen LogP contribution >= 0.6 is 0 Å². The van der Waals surface area contributed by atoms with Gasteiger partial charge in [0.15, 0.2) is 0 Å². The first-order valence-corrected chi connectivity index (χ1v) is 5.44. The molecule has 0 saturated heterocycles. The van der Waals surface area contributed by atoms with Crippen molar-refractivity contribution < 1.29 is 9.84 Å². The van der Waals surface area contributed by atoms with Gasteiger partial charge in [0.25, 0.3) is 0 Å². The molecule has 86 valence electrons. The van der Waals surface area contributed by atoms with Gasteiger partial charge in [0.2, 0.25) is 0 Å². The van der Waals surface area contributed by atoms with Gasteiger partial charge >= 0.3 is 0 Å². The number of aliphatic hydroxyl groups excluding tert-OH is 1. The molecule has 0 amide bonds. The normalized spacial score (nSPS) is 12.4. The van der Waals surface area contributed by atoms with Crippen LogP contribution in [0.2, 0.25) is 0 Å². The highest BCUT2D eigenvalue weighted by molar-refractivity contribution is 4.70. The minimum atomic E-state index is -0.0351. The van der Waals surface area contributed by atoms with Crippen LogP contribution in [-0.4, -0.2) is 49.0 Å². The number of aliphatic hydroxyl groups is 1. The Morgan fingerprint density at radius 3 is 2.36 bits per heavy atom. The van der Waals surface area contributed by atoms with Gasteiger partial charge in [0.05, 0.1) is 5.60 Å². The van der Waals surface area contributed by atoms with Crippen LogP contribution in [0.1, 0.15) is 33.6 Å². The lowest BCUT2D eigenvalue weighted by Crippen LogP contribution is -2.33. The molecule has 0 fully saturated rings. The minimum Gasteiger partial charge on any atom is -0.396 e. The lowest BCUT2D eigenvalue weighted by atomic mass is 10.1. The number of methoxy groups -OCH3 is 1. The van der Waals surface area contributed by atoms with E-state index in [9.17, 15) is 0 Å². The van der Waals surface area contributed by atoms with Crippen molar-refractivity contribution in [3.05, 3.63) is 0 Å². The van der Waals surface area contributed by atoms with Crippen LogP contribution in [0.3, 0.4) is 0 Å². The average Bonchev–Trinajstić information content (AvgIpc) is 2.18. The highest BCUT2D eigenvalue weighted by atomic mass is 16.5. The Kier molecular flexibility index (Phi) is 7.15. The molecule has 0 bridgehead atoms. The van der Waals surface area contributed by atoms with Crippen molar-refractivity contribution in [1.82, 2.24) is 4.90 Å². The summed E-state index contributed by atoms with van der Waals surface area (Å²) >= 11 is 0. The molecule has 0 heterocycles. The van der Waals surface area contributed by atoms with Crippen LogP contribution in [0.5, 0.6) is 0 Å². The second-order valence-electron chi connectivity index (χ2n) is 4.23. The first-order chi connectivity index (χ1) is 6.55. The first-order valence-electron chi connectivity index (χ1n) is 5.44. The summed E-state index contributed by atoms with van der Waals surface area (Å²) in [7, 11) is 1.75. The van der Waals surface area contributed by atoms with Gasteiger partial charge in [-0.15, -0.1) is 0 Å². The Hall–Kier alpha value is -0.120. The fraction of sp³-hybridized carbons (Fsp3) is 1.00. The number of hydrogen-bond acceptors (Lipinski definition) is 3. The van der Waals surface area contributed by atoms with Gasteiger partial charge in [-0.05, 0) is 33.2 Å². The maximum Gasteiger partial charge on any atom is 0.0634 e. The summed E-state index contributed by atoms with van der Waals surface area (Å²) in [5.41, 5.74) is -0.0351. The zero-order valence-corrected chi connectivity index (χ0v) is 10.0. The third-order valence-electron chi connectivity index (χ3n) is 2.66. The monoisotopic (exact) mass is 203 g/mol. The van der Waals surface area contributed by atoms with Crippen molar-refractivity contribution >= 4 is 0 Å². The van der Waals surface area contributed by atoms with Gasteiger partial charge in [0, 0.05) is 26.8 Å². The van der Waals surface area contributed by atoms with Crippen LogP contribution in [0.15, 0.2) is 0 Å². The zero-order valence-electron chi connectivity index (χ0n) is 10.0. The summed E-state index contributed by atoms with van der Waals surface area (Å²) in [6.07, 6.45) is 1.89. The summed E-state index contributed by atoms with van der Waals surface area (Å²) in [6.45, 7) is 9.70. The predicted molar refractivity (Wildman–Crippen MR) is 59.5 cm³/mol. The van der Waals surface area contributed by atoms with E-state index >= 15 is 0 Å². The maximum atomic E-state index is 8.73. The summed E-state index contributed by atoms with van der Waals surface area (Å²) in [6, 6.07) is 0. The van der Waals surface area contributed by atoms with Crippen LogP contribution in [0.4, 0.5) is 0 Å². The van der Waals surface area contributed by atoms with E-state index in [4.69, 9.17) is 9.84 Å². The van der Waals surface area contributed by atoms with Crippen molar-refractivity contribution in [2.45, 2.75) is 39.2 Å².